The van der Waals surface area contributed by atoms with Gasteiger partial charge in [-0.1, -0.05) is 12.8 Å². The minimum Gasteiger partial charge on any atom is -0.382 e. The number of halogens is 1. The fraction of sp³-hybridized carbons (Fsp3) is 0.944. The molecule has 0 aromatic heterocycles. The van der Waals surface area contributed by atoms with Gasteiger partial charge in [0.2, 0.25) is 0 Å². The molecule has 6 nitrogen and oxygen atoms in total. The Kier molecular flexibility index (Phi) is 18.6. The van der Waals surface area contributed by atoms with Crippen LogP contribution in [-0.2, 0) is 9.47 Å². The van der Waals surface area contributed by atoms with E-state index in [9.17, 15) is 0 Å². The number of nitrogens with one attached hydrogen (secondary N) is 2. The van der Waals surface area contributed by atoms with Gasteiger partial charge < -0.3 is 25.0 Å². The zero-order chi connectivity index (χ0) is 17.3. The fourth-order valence-corrected chi connectivity index (χ4v) is 2.87. The first kappa shape index (κ1) is 24.9. The molecule has 0 spiro atoms. The van der Waals surface area contributed by atoms with E-state index in [4.69, 9.17) is 9.47 Å². The first-order valence-corrected chi connectivity index (χ1v) is 9.60. The van der Waals surface area contributed by atoms with E-state index in [1.165, 1.54) is 51.7 Å². The minimum absolute atomic E-state index is 0. The Morgan fingerprint density at radius 1 is 0.920 bits per heavy atom. The minimum atomic E-state index is 0. The summed E-state index contributed by atoms with van der Waals surface area (Å²) in [6.07, 6.45) is 8.86. The molecular weight excluding hydrogens is 431 g/mol. The van der Waals surface area contributed by atoms with Gasteiger partial charge >= 0.3 is 0 Å². The van der Waals surface area contributed by atoms with Crippen molar-refractivity contribution in [2.45, 2.75) is 44.9 Å². The van der Waals surface area contributed by atoms with Crippen LogP contribution in [0.1, 0.15) is 44.9 Å². The third-order valence-corrected chi connectivity index (χ3v) is 4.31. The molecule has 1 rings (SSSR count). The maximum atomic E-state index is 5.45. The molecule has 0 aromatic carbocycles. The monoisotopic (exact) mass is 470 g/mol. The van der Waals surface area contributed by atoms with Crippen molar-refractivity contribution in [3.63, 3.8) is 0 Å². The summed E-state index contributed by atoms with van der Waals surface area (Å²) in [6.45, 7) is 7.82. The Bertz CT molecular complexity index is 311. The second-order valence-corrected chi connectivity index (χ2v) is 6.35. The molecule has 0 atom stereocenters. The SMILES string of the molecule is CN=C(NCCCCOCCOC)NCCCN1CCCCCC1.I. The molecule has 0 aliphatic carbocycles. The molecule has 1 fully saturated rings. The molecular formula is C18H39IN4O2. The third kappa shape index (κ3) is 14.7. The Hall–Kier alpha value is -0.120. The van der Waals surface area contributed by atoms with E-state index >= 15 is 0 Å². The van der Waals surface area contributed by atoms with E-state index in [2.05, 4.69) is 20.5 Å². The standard InChI is InChI=1S/C18H38N4O2.HI/c1-19-18(20-10-5-8-15-24-17-16-23-2)21-11-9-14-22-12-6-3-4-7-13-22;/h3-17H2,1-2H3,(H2,19,20,21);1H. The number of aliphatic imine (C=N–C) groups is 1. The van der Waals surface area contributed by atoms with Crippen LogP contribution in [-0.4, -0.2) is 77.6 Å². The van der Waals surface area contributed by atoms with E-state index in [0.29, 0.717) is 13.2 Å². The van der Waals surface area contributed by atoms with Crippen molar-refractivity contribution in [2.24, 2.45) is 4.99 Å². The maximum Gasteiger partial charge on any atom is 0.190 e. The van der Waals surface area contributed by atoms with Gasteiger partial charge in [0.05, 0.1) is 13.2 Å². The highest BCUT2D eigenvalue weighted by atomic mass is 127. The van der Waals surface area contributed by atoms with Crippen molar-refractivity contribution < 1.29 is 9.47 Å². The van der Waals surface area contributed by atoms with E-state index < -0.39 is 0 Å². The maximum absolute atomic E-state index is 5.45. The molecule has 0 unspecified atom stereocenters. The topological polar surface area (TPSA) is 58.1 Å². The average molecular weight is 470 g/mol. The first-order valence-electron chi connectivity index (χ1n) is 9.60. The largest absolute Gasteiger partial charge is 0.382 e. The van der Waals surface area contributed by atoms with Gasteiger partial charge in [-0.3, -0.25) is 4.99 Å². The van der Waals surface area contributed by atoms with E-state index in [-0.39, 0.29) is 24.0 Å². The van der Waals surface area contributed by atoms with Crippen LogP contribution >= 0.6 is 24.0 Å². The van der Waals surface area contributed by atoms with Crippen molar-refractivity contribution in [2.75, 3.05) is 66.7 Å². The highest BCUT2D eigenvalue weighted by molar-refractivity contribution is 14.0. The van der Waals surface area contributed by atoms with Gasteiger partial charge in [0.25, 0.3) is 0 Å². The van der Waals surface area contributed by atoms with Crippen LogP contribution in [0.15, 0.2) is 4.99 Å². The van der Waals surface area contributed by atoms with Gasteiger partial charge in [0.15, 0.2) is 5.96 Å². The molecule has 0 radical (unpaired) electrons. The second-order valence-electron chi connectivity index (χ2n) is 6.35. The number of hydrogen-bond donors (Lipinski definition) is 2. The van der Waals surface area contributed by atoms with Crippen molar-refractivity contribution in [3.8, 4) is 0 Å². The summed E-state index contributed by atoms with van der Waals surface area (Å²) in [6, 6.07) is 0. The summed E-state index contributed by atoms with van der Waals surface area (Å²) in [7, 11) is 3.53. The fourth-order valence-electron chi connectivity index (χ4n) is 2.87. The number of rotatable bonds is 12. The Balaban J connectivity index is 0.00000576. The zero-order valence-electron chi connectivity index (χ0n) is 16.2. The average Bonchev–Trinajstić information content (AvgIpc) is 2.88. The summed E-state index contributed by atoms with van der Waals surface area (Å²) in [5.41, 5.74) is 0. The van der Waals surface area contributed by atoms with Gasteiger partial charge in [-0.15, -0.1) is 24.0 Å². The second kappa shape index (κ2) is 18.7. The van der Waals surface area contributed by atoms with Crippen molar-refractivity contribution >= 4 is 29.9 Å². The number of methoxy groups -OCH3 is 1. The summed E-state index contributed by atoms with van der Waals surface area (Å²) in [4.78, 5) is 6.88. The van der Waals surface area contributed by atoms with E-state index in [1.54, 1.807) is 7.11 Å². The van der Waals surface area contributed by atoms with Crippen LogP contribution in [0.3, 0.4) is 0 Å². The lowest BCUT2D eigenvalue weighted by Gasteiger charge is -2.20. The number of likely N-dealkylation sites (tertiary alicyclic amines) is 1. The summed E-state index contributed by atoms with van der Waals surface area (Å²) in [5.74, 6) is 0.908. The summed E-state index contributed by atoms with van der Waals surface area (Å²) in [5, 5.41) is 6.77. The predicted octanol–water partition coefficient (Wildman–Crippen LogP) is 2.48. The Labute approximate surface area is 171 Å². The molecule has 1 heterocycles. The highest BCUT2D eigenvalue weighted by Gasteiger charge is 2.08. The zero-order valence-corrected chi connectivity index (χ0v) is 18.6. The van der Waals surface area contributed by atoms with Crippen LogP contribution in [0.4, 0.5) is 0 Å². The molecule has 2 N–H and O–H groups in total. The van der Waals surface area contributed by atoms with Crippen LogP contribution < -0.4 is 10.6 Å². The molecule has 7 heteroatoms. The number of hydrogen-bond acceptors (Lipinski definition) is 4. The lowest BCUT2D eigenvalue weighted by atomic mass is 10.2. The van der Waals surface area contributed by atoms with Gasteiger partial charge in [-0.25, -0.2) is 0 Å². The lowest BCUT2D eigenvalue weighted by Crippen LogP contribution is -2.39. The van der Waals surface area contributed by atoms with Gasteiger partial charge in [0, 0.05) is 33.9 Å². The summed E-state index contributed by atoms with van der Waals surface area (Å²) < 4.78 is 10.4. The first-order chi connectivity index (χ1) is 11.9. The number of nitrogens with zero attached hydrogens (tertiary/aromatic N) is 2. The Morgan fingerprint density at radius 2 is 1.60 bits per heavy atom. The van der Waals surface area contributed by atoms with Crippen LogP contribution in [0, 0.1) is 0 Å². The normalized spacial score (nSPS) is 16.2. The molecule has 0 amide bonds. The molecule has 0 aromatic rings. The lowest BCUT2D eigenvalue weighted by molar-refractivity contribution is 0.0689. The molecule has 150 valence electrons. The molecule has 1 aliphatic heterocycles. The number of ether oxygens (including phenoxy) is 2. The molecule has 0 bridgehead atoms. The Morgan fingerprint density at radius 3 is 2.24 bits per heavy atom. The molecule has 25 heavy (non-hydrogen) atoms. The van der Waals surface area contributed by atoms with Crippen LogP contribution in [0.25, 0.3) is 0 Å². The highest BCUT2D eigenvalue weighted by Crippen LogP contribution is 2.09. The van der Waals surface area contributed by atoms with Crippen molar-refractivity contribution in [1.82, 2.24) is 15.5 Å². The third-order valence-electron chi connectivity index (χ3n) is 4.31. The molecule has 0 saturated carbocycles. The number of guanidine groups is 1. The predicted molar refractivity (Wildman–Crippen MR) is 116 cm³/mol. The summed E-state index contributed by atoms with van der Waals surface area (Å²) >= 11 is 0. The van der Waals surface area contributed by atoms with Crippen LogP contribution in [0.2, 0.25) is 0 Å². The van der Waals surface area contributed by atoms with E-state index in [1.807, 2.05) is 7.05 Å². The van der Waals surface area contributed by atoms with Crippen molar-refractivity contribution in [1.29, 1.82) is 0 Å². The van der Waals surface area contributed by atoms with E-state index in [0.717, 1.165) is 38.5 Å². The molecule has 1 saturated heterocycles. The van der Waals surface area contributed by atoms with Gasteiger partial charge in [-0.2, -0.15) is 0 Å². The van der Waals surface area contributed by atoms with Crippen LogP contribution in [0.5, 0.6) is 0 Å². The van der Waals surface area contributed by atoms with Gasteiger partial charge in [0.1, 0.15) is 0 Å². The van der Waals surface area contributed by atoms with Gasteiger partial charge in [-0.05, 0) is 51.7 Å². The number of unbranched alkanes of at least 4 members (excludes halogenated alkanes) is 1. The van der Waals surface area contributed by atoms with Crippen molar-refractivity contribution in [3.05, 3.63) is 0 Å². The molecule has 1 aliphatic rings. The smallest absolute Gasteiger partial charge is 0.190 e. The quantitative estimate of drug-likeness (QED) is 0.199.